The third-order valence-electron chi connectivity index (χ3n) is 4.38. The van der Waals surface area contributed by atoms with Gasteiger partial charge in [0, 0.05) is 5.56 Å². The van der Waals surface area contributed by atoms with Crippen LogP contribution in [0.5, 0.6) is 0 Å². The Labute approximate surface area is 173 Å². The second-order valence-electron chi connectivity index (χ2n) is 6.68. The maximum Gasteiger partial charge on any atom is 0.437 e. The van der Waals surface area contributed by atoms with E-state index in [1.165, 1.54) is 0 Å². The maximum absolute atomic E-state index is 12.2. The fraction of sp³-hybridized carbons (Fsp3) is 0.273. The third-order valence-corrected chi connectivity index (χ3v) is 4.38. The van der Waals surface area contributed by atoms with Crippen LogP contribution in [0.1, 0.15) is 31.4 Å². The van der Waals surface area contributed by atoms with Gasteiger partial charge in [-0.1, -0.05) is 61.9 Å². The molecule has 0 aliphatic rings. The molecule has 0 saturated heterocycles. The highest BCUT2D eigenvalue weighted by Crippen LogP contribution is 2.18. The highest BCUT2D eigenvalue weighted by Gasteiger charge is 2.17. The van der Waals surface area contributed by atoms with Crippen LogP contribution in [0.25, 0.3) is 11.5 Å². The normalized spacial score (nSPS) is 11.6. The Kier molecular flexibility index (Phi) is 7.15. The van der Waals surface area contributed by atoms with E-state index in [-0.39, 0.29) is 11.9 Å². The molecule has 0 aliphatic carbocycles. The van der Waals surface area contributed by atoms with Crippen LogP contribution in [0.15, 0.2) is 69.9 Å². The summed E-state index contributed by atoms with van der Waals surface area (Å²) >= 11 is 0. The number of ether oxygens (including phenoxy) is 1. The van der Waals surface area contributed by atoms with Crippen LogP contribution in [-0.2, 0) is 20.9 Å². The van der Waals surface area contributed by atoms with Crippen molar-refractivity contribution in [3.05, 3.63) is 76.8 Å². The largest absolute Gasteiger partial charge is 0.454 e. The van der Waals surface area contributed by atoms with Crippen molar-refractivity contribution in [2.75, 3.05) is 6.61 Å². The molecule has 1 N–H and O–H groups in total. The van der Waals surface area contributed by atoms with E-state index in [2.05, 4.69) is 10.4 Å². The zero-order valence-corrected chi connectivity index (χ0v) is 16.6. The fourth-order valence-electron chi connectivity index (χ4n) is 2.95. The molecule has 0 unspecified atom stereocenters. The Hall–Kier alpha value is -3.68. The first kappa shape index (κ1) is 21.0. The van der Waals surface area contributed by atoms with E-state index in [0.29, 0.717) is 5.56 Å². The Morgan fingerprint density at radius 2 is 1.77 bits per heavy atom. The molecule has 1 amide bonds. The van der Waals surface area contributed by atoms with E-state index in [4.69, 9.17) is 9.15 Å². The lowest BCUT2D eigenvalue weighted by molar-refractivity contribution is -0.149. The molecule has 1 atom stereocenters. The Balaban J connectivity index is 1.53. The van der Waals surface area contributed by atoms with Gasteiger partial charge in [0.1, 0.15) is 6.54 Å². The number of esters is 1. The van der Waals surface area contributed by atoms with Crippen LogP contribution in [-0.4, -0.2) is 28.3 Å². The summed E-state index contributed by atoms with van der Waals surface area (Å²) in [5.41, 5.74) is 1.60. The molecule has 0 aliphatic heterocycles. The lowest BCUT2D eigenvalue weighted by Gasteiger charge is -2.18. The smallest absolute Gasteiger partial charge is 0.437 e. The molecule has 0 spiro atoms. The number of amides is 1. The molecule has 8 nitrogen and oxygen atoms in total. The minimum atomic E-state index is -0.776. The molecule has 1 heterocycles. The van der Waals surface area contributed by atoms with E-state index in [1.54, 1.807) is 24.3 Å². The second kappa shape index (κ2) is 10.2. The first-order chi connectivity index (χ1) is 14.6. The second-order valence-corrected chi connectivity index (χ2v) is 6.68. The maximum atomic E-state index is 12.2. The lowest BCUT2D eigenvalue weighted by atomic mass is 10.0. The molecule has 1 aromatic heterocycles. The number of nitrogens with zero attached hydrogens (tertiary/aromatic N) is 2. The van der Waals surface area contributed by atoms with Crippen LogP contribution >= 0.6 is 0 Å². The number of carbonyl (C=O) groups excluding carboxylic acids is 2. The molecule has 3 aromatic rings. The number of benzene rings is 2. The summed E-state index contributed by atoms with van der Waals surface area (Å²) in [6.07, 6.45) is 1.65. The Morgan fingerprint density at radius 1 is 1.10 bits per heavy atom. The summed E-state index contributed by atoms with van der Waals surface area (Å²) in [4.78, 5) is 36.2. The van der Waals surface area contributed by atoms with Crippen molar-refractivity contribution in [3.63, 3.8) is 0 Å². The number of rotatable bonds is 9. The predicted octanol–water partition coefficient (Wildman–Crippen LogP) is 2.70. The highest BCUT2D eigenvalue weighted by molar-refractivity contribution is 5.80. The molecule has 0 saturated carbocycles. The van der Waals surface area contributed by atoms with Crippen LogP contribution in [0.4, 0.5) is 0 Å². The zero-order valence-electron chi connectivity index (χ0n) is 16.6. The summed E-state index contributed by atoms with van der Waals surface area (Å²) in [7, 11) is 0. The van der Waals surface area contributed by atoms with Crippen molar-refractivity contribution in [1.82, 2.24) is 15.1 Å². The molecule has 30 heavy (non-hydrogen) atoms. The van der Waals surface area contributed by atoms with Gasteiger partial charge >= 0.3 is 11.7 Å². The van der Waals surface area contributed by atoms with Crippen LogP contribution in [0.2, 0.25) is 0 Å². The van der Waals surface area contributed by atoms with Crippen molar-refractivity contribution in [2.45, 2.75) is 32.4 Å². The number of carbonyl (C=O) groups is 2. The summed E-state index contributed by atoms with van der Waals surface area (Å²) in [6, 6.07) is 18.3. The van der Waals surface area contributed by atoms with E-state index in [0.717, 1.165) is 23.1 Å². The van der Waals surface area contributed by atoms with Gasteiger partial charge in [-0.25, -0.2) is 4.79 Å². The SMILES string of the molecule is CCC[C@@H](NC(=O)COC(=O)Cn1nc(-c2ccccc2)oc1=O)c1ccccc1. The highest BCUT2D eigenvalue weighted by atomic mass is 16.5. The summed E-state index contributed by atoms with van der Waals surface area (Å²) in [5, 5.41) is 6.87. The predicted molar refractivity (Wildman–Crippen MR) is 109 cm³/mol. The van der Waals surface area contributed by atoms with Crippen molar-refractivity contribution < 1.29 is 18.7 Å². The quantitative estimate of drug-likeness (QED) is 0.545. The van der Waals surface area contributed by atoms with Gasteiger partial charge in [0.25, 0.3) is 5.91 Å². The monoisotopic (exact) mass is 409 g/mol. The first-order valence-electron chi connectivity index (χ1n) is 9.70. The lowest BCUT2D eigenvalue weighted by Crippen LogP contribution is -2.33. The standard InChI is InChI=1S/C22H23N3O5/c1-2-9-18(16-10-5-3-6-11-16)23-19(26)15-29-20(27)14-25-22(28)30-21(24-25)17-12-7-4-8-13-17/h3-8,10-13,18H,2,9,14-15H2,1H3,(H,23,26)/t18-/m1/s1. The van der Waals surface area contributed by atoms with Gasteiger partial charge in [0.05, 0.1) is 6.04 Å². The first-order valence-corrected chi connectivity index (χ1v) is 9.70. The topological polar surface area (TPSA) is 103 Å². The van der Waals surface area contributed by atoms with Crippen molar-refractivity contribution in [1.29, 1.82) is 0 Å². The van der Waals surface area contributed by atoms with Crippen molar-refractivity contribution in [3.8, 4) is 11.5 Å². The molecule has 2 aromatic carbocycles. The average Bonchev–Trinajstić information content (AvgIpc) is 3.13. The number of hydrogen-bond acceptors (Lipinski definition) is 6. The summed E-state index contributed by atoms with van der Waals surface area (Å²) < 4.78 is 10.9. The number of aromatic nitrogens is 2. The van der Waals surface area contributed by atoms with E-state index < -0.39 is 30.8 Å². The third kappa shape index (κ3) is 5.66. The number of hydrogen-bond donors (Lipinski definition) is 1. The van der Waals surface area contributed by atoms with Crippen molar-refractivity contribution in [2.24, 2.45) is 0 Å². The molecule has 0 bridgehead atoms. The van der Waals surface area contributed by atoms with Gasteiger partial charge in [-0.2, -0.15) is 4.68 Å². The molecular weight excluding hydrogens is 386 g/mol. The Morgan fingerprint density at radius 3 is 2.43 bits per heavy atom. The molecule has 156 valence electrons. The summed E-state index contributed by atoms with van der Waals surface area (Å²) in [5.74, 6) is -1.84. The van der Waals surface area contributed by atoms with E-state index in [1.807, 2.05) is 43.3 Å². The molecule has 0 fully saturated rings. The van der Waals surface area contributed by atoms with Crippen molar-refractivity contribution >= 4 is 11.9 Å². The molecule has 0 radical (unpaired) electrons. The van der Waals surface area contributed by atoms with Gasteiger partial charge in [0.2, 0.25) is 5.89 Å². The van der Waals surface area contributed by atoms with Crippen LogP contribution < -0.4 is 11.1 Å². The average molecular weight is 409 g/mol. The van der Waals surface area contributed by atoms with Gasteiger partial charge in [-0.05, 0) is 24.1 Å². The summed E-state index contributed by atoms with van der Waals surface area (Å²) in [6.45, 7) is 1.14. The zero-order chi connectivity index (χ0) is 21.3. The van der Waals surface area contributed by atoms with E-state index >= 15 is 0 Å². The number of nitrogens with one attached hydrogen (secondary N) is 1. The molecular formula is C22H23N3O5. The van der Waals surface area contributed by atoms with Gasteiger partial charge in [-0.15, -0.1) is 5.10 Å². The minimum absolute atomic E-state index is 0.108. The van der Waals surface area contributed by atoms with Crippen LogP contribution in [0, 0.1) is 0 Å². The van der Waals surface area contributed by atoms with Gasteiger partial charge in [0.15, 0.2) is 6.61 Å². The van der Waals surface area contributed by atoms with Gasteiger partial charge < -0.3 is 14.5 Å². The van der Waals surface area contributed by atoms with Gasteiger partial charge in [-0.3, -0.25) is 9.59 Å². The van der Waals surface area contributed by atoms with Crippen LogP contribution in [0.3, 0.4) is 0 Å². The van der Waals surface area contributed by atoms with E-state index in [9.17, 15) is 14.4 Å². The fourth-order valence-corrected chi connectivity index (χ4v) is 2.95. The Bertz CT molecular complexity index is 1030. The molecule has 8 heteroatoms. The minimum Gasteiger partial charge on any atom is -0.454 e. The molecule has 3 rings (SSSR count).